The summed E-state index contributed by atoms with van der Waals surface area (Å²) >= 11 is 0. The van der Waals surface area contributed by atoms with E-state index >= 15 is 0 Å². The second-order valence-electron chi connectivity index (χ2n) is 5.90. The van der Waals surface area contributed by atoms with Crippen molar-refractivity contribution in [2.24, 2.45) is 0 Å². The van der Waals surface area contributed by atoms with E-state index in [4.69, 9.17) is 4.52 Å². The molecule has 1 aromatic heterocycles. The number of hydrogen-bond acceptors (Lipinski definition) is 5. The summed E-state index contributed by atoms with van der Waals surface area (Å²) in [5.74, 6) is 0.588. The van der Waals surface area contributed by atoms with E-state index in [1.165, 1.54) is 0 Å². The summed E-state index contributed by atoms with van der Waals surface area (Å²) in [6, 6.07) is 15.1. The number of benzene rings is 2. The van der Waals surface area contributed by atoms with Crippen LogP contribution in [0.4, 0.5) is 0 Å². The third-order valence-electron chi connectivity index (χ3n) is 3.74. The molecule has 0 fully saturated rings. The number of rotatable bonds is 6. The number of aryl methyl sites for hydroxylation is 2. The number of sulfonamides is 1. The van der Waals surface area contributed by atoms with Gasteiger partial charge in [0.1, 0.15) is 0 Å². The van der Waals surface area contributed by atoms with Crippen molar-refractivity contribution >= 4 is 10.0 Å². The van der Waals surface area contributed by atoms with Crippen LogP contribution in [0.1, 0.15) is 22.6 Å². The Hall–Kier alpha value is -2.51. The Bertz CT molecular complexity index is 980. The topological polar surface area (TPSA) is 85.1 Å². The average Bonchev–Trinajstić information content (AvgIpc) is 3.02. The number of hydrogen-bond donors (Lipinski definition) is 1. The standard InChI is InChI=1S/C18H19N3O3S/c1-13-6-5-8-15(10-13)12-25(22,23)19-11-17-20-18(21-24-17)16-9-4-3-7-14(16)2/h3-10,19H,11-12H2,1-2H3. The first-order valence-electron chi connectivity index (χ1n) is 7.84. The minimum Gasteiger partial charge on any atom is -0.338 e. The maximum absolute atomic E-state index is 12.2. The van der Waals surface area contributed by atoms with Crippen molar-refractivity contribution in [1.82, 2.24) is 14.9 Å². The quantitative estimate of drug-likeness (QED) is 0.733. The van der Waals surface area contributed by atoms with Gasteiger partial charge in [0, 0.05) is 5.56 Å². The van der Waals surface area contributed by atoms with E-state index < -0.39 is 10.0 Å². The highest BCUT2D eigenvalue weighted by molar-refractivity contribution is 7.88. The van der Waals surface area contributed by atoms with Crippen LogP contribution < -0.4 is 4.72 Å². The molecule has 0 spiro atoms. The van der Waals surface area contributed by atoms with Gasteiger partial charge in [-0.15, -0.1) is 0 Å². The molecule has 0 saturated carbocycles. The fourth-order valence-corrected chi connectivity index (χ4v) is 3.57. The molecular weight excluding hydrogens is 338 g/mol. The Labute approximate surface area is 147 Å². The summed E-state index contributed by atoms with van der Waals surface area (Å²) in [7, 11) is -3.49. The molecule has 0 aliphatic heterocycles. The van der Waals surface area contributed by atoms with E-state index in [1.807, 2.05) is 56.3 Å². The summed E-state index contributed by atoms with van der Waals surface area (Å²) in [4.78, 5) is 4.26. The SMILES string of the molecule is Cc1cccc(CS(=O)(=O)NCc2nc(-c3ccccc3C)no2)c1. The highest BCUT2D eigenvalue weighted by Crippen LogP contribution is 2.19. The van der Waals surface area contributed by atoms with Crippen LogP contribution in [0.15, 0.2) is 53.1 Å². The van der Waals surface area contributed by atoms with Crippen LogP contribution in [0.5, 0.6) is 0 Å². The van der Waals surface area contributed by atoms with Crippen molar-refractivity contribution in [3.8, 4) is 11.4 Å². The molecule has 0 unspecified atom stereocenters. The molecule has 130 valence electrons. The molecule has 2 aromatic carbocycles. The van der Waals surface area contributed by atoms with Crippen LogP contribution in [0, 0.1) is 13.8 Å². The van der Waals surface area contributed by atoms with Gasteiger partial charge >= 0.3 is 0 Å². The molecule has 0 atom stereocenters. The van der Waals surface area contributed by atoms with Crippen molar-refractivity contribution in [2.45, 2.75) is 26.1 Å². The van der Waals surface area contributed by atoms with Crippen molar-refractivity contribution in [1.29, 1.82) is 0 Å². The molecule has 25 heavy (non-hydrogen) atoms. The molecule has 0 aliphatic rings. The van der Waals surface area contributed by atoms with Gasteiger partial charge in [0.2, 0.25) is 21.7 Å². The molecule has 1 heterocycles. The molecule has 6 nitrogen and oxygen atoms in total. The van der Waals surface area contributed by atoms with Crippen molar-refractivity contribution < 1.29 is 12.9 Å². The van der Waals surface area contributed by atoms with Gasteiger partial charge in [-0.1, -0.05) is 59.3 Å². The summed E-state index contributed by atoms with van der Waals surface area (Å²) in [6.07, 6.45) is 0. The molecule has 7 heteroatoms. The first kappa shape index (κ1) is 17.3. The zero-order valence-corrected chi connectivity index (χ0v) is 14.9. The van der Waals surface area contributed by atoms with E-state index in [0.29, 0.717) is 5.82 Å². The lowest BCUT2D eigenvalue weighted by Gasteiger charge is -2.05. The Balaban J connectivity index is 1.66. The van der Waals surface area contributed by atoms with Gasteiger partial charge in [0.15, 0.2) is 0 Å². The Morgan fingerprint density at radius 1 is 1.08 bits per heavy atom. The van der Waals surface area contributed by atoms with Gasteiger partial charge < -0.3 is 4.52 Å². The van der Waals surface area contributed by atoms with Crippen LogP contribution in [0.2, 0.25) is 0 Å². The lowest BCUT2D eigenvalue weighted by atomic mass is 10.1. The summed E-state index contributed by atoms with van der Waals surface area (Å²) in [6.45, 7) is 3.85. The second kappa shape index (κ2) is 7.16. The van der Waals surface area contributed by atoms with Crippen LogP contribution in [-0.4, -0.2) is 18.6 Å². The Morgan fingerprint density at radius 3 is 2.64 bits per heavy atom. The van der Waals surface area contributed by atoms with Crippen molar-refractivity contribution in [3.05, 3.63) is 71.1 Å². The minimum absolute atomic E-state index is 0.0347. The van der Waals surface area contributed by atoms with Crippen molar-refractivity contribution in [2.75, 3.05) is 0 Å². The normalized spacial score (nSPS) is 11.6. The van der Waals surface area contributed by atoms with Gasteiger partial charge in [-0.2, -0.15) is 4.98 Å². The van der Waals surface area contributed by atoms with E-state index in [0.717, 1.165) is 22.3 Å². The fourth-order valence-electron chi connectivity index (χ4n) is 2.50. The van der Waals surface area contributed by atoms with Gasteiger partial charge in [-0.05, 0) is 25.0 Å². The second-order valence-corrected chi connectivity index (χ2v) is 7.70. The monoisotopic (exact) mass is 357 g/mol. The summed E-state index contributed by atoms with van der Waals surface area (Å²) < 4.78 is 32.1. The van der Waals surface area contributed by atoms with Crippen molar-refractivity contribution in [3.63, 3.8) is 0 Å². The predicted octanol–water partition coefficient (Wildman–Crippen LogP) is 2.97. The summed E-state index contributed by atoms with van der Waals surface area (Å²) in [5.41, 5.74) is 3.64. The Morgan fingerprint density at radius 2 is 1.88 bits per heavy atom. The van der Waals surface area contributed by atoms with Gasteiger partial charge in [-0.25, -0.2) is 13.1 Å². The highest BCUT2D eigenvalue weighted by Gasteiger charge is 2.15. The van der Waals surface area contributed by atoms with E-state index in [1.54, 1.807) is 6.07 Å². The van der Waals surface area contributed by atoms with Gasteiger partial charge in [0.05, 0.1) is 12.3 Å². The van der Waals surface area contributed by atoms with Crippen LogP contribution in [0.3, 0.4) is 0 Å². The minimum atomic E-state index is -3.49. The number of nitrogens with one attached hydrogen (secondary N) is 1. The zero-order valence-electron chi connectivity index (χ0n) is 14.1. The molecule has 3 rings (SSSR count). The fraction of sp³-hybridized carbons (Fsp3) is 0.222. The van der Waals surface area contributed by atoms with Gasteiger partial charge in [0.25, 0.3) is 0 Å². The lowest BCUT2D eigenvalue weighted by Crippen LogP contribution is -2.24. The molecule has 3 aromatic rings. The molecule has 0 radical (unpaired) electrons. The molecular formula is C18H19N3O3S. The maximum atomic E-state index is 12.2. The maximum Gasteiger partial charge on any atom is 0.242 e. The Kier molecular flexibility index (Phi) is 4.96. The molecule has 0 saturated heterocycles. The van der Waals surface area contributed by atoms with Gasteiger partial charge in [-0.3, -0.25) is 0 Å². The number of nitrogens with zero attached hydrogens (tertiary/aromatic N) is 2. The molecule has 0 aliphatic carbocycles. The predicted molar refractivity (Wildman–Crippen MR) is 95.1 cm³/mol. The van der Waals surface area contributed by atoms with E-state index in [2.05, 4.69) is 14.9 Å². The zero-order chi connectivity index (χ0) is 17.9. The van der Waals surface area contributed by atoms with E-state index in [9.17, 15) is 8.42 Å². The molecule has 0 amide bonds. The lowest BCUT2D eigenvalue weighted by molar-refractivity contribution is 0.376. The first-order valence-corrected chi connectivity index (χ1v) is 9.50. The molecule has 0 bridgehead atoms. The largest absolute Gasteiger partial charge is 0.338 e. The highest BCUT2D eigenvalue weighted by atomic mass is 32.2. The third-order valence-corrected chi connectivity index (χ3v) is 5.03. The first-order chi connectivity index (χ1) is 11.9. The van der Waals surface area contributed by atoms with Crippen LogP contribution in [-0.2, 0) is 22.3 Å². The third kappa shape index (κ3) is 4.52. The van der Waals surface area contributed by atoms with Crippen LogP contribution in [0.25, 0.3) is 11.4 Å². The summed E-state index contributed by atoms with van der Waals surface area (Å²) in [5, 5.41) is 3.92. The van der Waals surface area contributed by atoms with E-state index in [-0.39, 0.29) is 18.2 Å². The number of aromatic nitrogens is 2. The smallest absolute Gasteiger partial charge is 0.242 e. The molecule has 1 N–H and O–H groups in total. The average molecular weight is 357 g/mol. The van der Waals surface area contributed by atoms with Crippen LogP contribution >= 0.6 is 0 Å².